The molecule has 4 rings (SSSR count). The largest absolute Gasteiger partial charge is 0.448 e. The van der Waals surface area contributed by atoms with Crippen molar-refractivity contribution in [3.05, 3.63) is 92.5 Å². The topological polar surface area (TPSA) is 72.6 Å². The van der Waals surface area contributed by atoms with E-state index in [0.29, 0.717) is 14.7 Å². The van der Waals surface area contributed by atoms with Crippen LogP contribution in [-0.2, 0) is 14.3 Å². The minimum Gasteiger partial charge on any atom is -0.448 e. The maximum absolute atomic E-state index is 13.4. The average molecular weight is 550 g/mol. The number of nitrogens with zero attached hydrogens (tertiary/aromatic N) is 1. The van der Waals surface area contributed by atoms with Crippen molar-refractivity contribution < 1.29 is 14.3 Å². The summed E-state index contributed by atoms with van der Waals surface area (Å²) in [5.74, 6) is -0.272. The monoisotopic (exact) mass is 548 g/mol. The molecular weight excluding hydrogens is 532 g/mol. The number of β-lactam (4-membered cyclic amide) rings is 1. The van der Waals surface area contributed by atoms with E-state index in [4.69, 9.17) is 10.5 Å². The third-order valence-corrected chi connectivity index (χ3v) is 6.73. The van der Waals surface area contributed by atoms with E-state index in [-0.39, 0.29) is 17.0 Å². The number of amides is 1. The Balaban J connectivity index is 1.72. The van der Waals surface area contributed by atoms with Crippen molar-refractivity contribution in [2.45, 2.75) is 17.5 Å². The van der Waals surface area contributed by atoms with Crippen molar-refractivity contribution in [1.29, 1.82) is 0 Å². The quantitative estimate of drug-likeness (QED) is 0.441. The highest BCUT2D eigenvalue weighted by molar-refractivity contribution is 9.28. The molecule has 0 radical (unpaired) electrons. The molecule has 5 nitrogen and oxygen atoms in total. The summed E-state index contributed by atoms with van der Waals surface area (Å²) in [5.41, 5.74) is 8.60. The summed E-state index contributed by atoms with van der Waals surface area (Å²) in [6, 6.07) is 18.5. The van der Waals surface area contributed by atoms with Gasteiger partial charge in [-0.1, -0.05) is 60.7 Å². The van der Waals surface area contributed by atoms with E-state index in [1.54, 1.807) is 6.08 Å². The summed E-state index contributed by atoms with van der Waals surface area (Å²) < 4.78 is 6.68. The van der Waals surface area contributed by atoms with Gasteiger partial charge in [-0.05, 0) is 54.6 Å². The van der Waals surface area contributed by atoms with Crippen LogP contribution in [-0.4, -0.2) is 33.9 Å². The highest BCUT2D eigenvalue weighted by Crippen LogP contribution is 2.41. The first kappa shape index (κ1) is 21.4. The third kappa shape index (κ3) is 4.14. The molecule has 0 aliphatic carbocycles. The zero-order valence-corrected chi connectivity index (χ0v) is 19.7. The summed E-state index contributed by atoms with van der Waals surface area (Å²) in [6.45, 7) is 0. The van der Waals surface area contributed by atoms with Gasteiger partial charge in [-0.2, -0.15) is 0 Å². The minimum atomic E-state index is -0.602. The van der Waals surface area contributed by atoms with Gasteiger partial charge in [0.2, 0.25) is 5.91 Å². The lowest BCUT2D eigenvalue weighted by atomic mass is 10.0. The molecule has 2 aromatic rings. The maximum atomic E-state index is 13.4. The number of hydrogen-bond acceptors (Lipinski definition) is 5. The lowest BCUT2D eigenvalue weighted by molar-refractivity contribution is -0.153. The van der Waals surface area contributed by atoms with Crippen LogP contribution in [0, 0.1) is 0 Å². The van der Waals surface area contributed by atoms with Gasteiger partial charge in [-0.15, -0.1) is 11.8 Å². The van der Waals surface area contributed by atoms with Gasteiger partial charge in [-0.3, -0.25) is 9.69 Å². The molecule has 0 spiro atoms. The van der Waals surface area contributed by atoms with Crippen LogP contribution >= 0.6 is 43.6 Å². The highest BCUT2D eigenvalue weighted by atomic mass is 79.9. The van der Waals surface area contributed by atoms with Crippen molar-refractivity contribution in [3.8, 4) is 0 Å². The molecule has 0 aromatic heterocycles. The number of nitrogens with two attached hydrogens (primary N) is 1. The number of ether oxygens (including phenoxy) is 1. The minimum absolute atomic E-state index is 0.249. The molecule has 8 heteroatoms. The molecule has 2 heterocycles. The van der Waals surface area contributed by atoms with E-state index in [2.05, 4.69) is 31.9 Å². The number of rotatable bonds is 5. The standard InChI is InChI=1S/C22H18Br2N2O3S/c23-16(24)11-15-12-30-21-17(25)20(27)26(21)18(15)22(28)29-19(13-7-3-1-4-8-13)14-9-5-2-6-10-14/h1-11,17,19,21H,12,25H2/t17?,21-/m1/s1. The maximum Gasteiger partial charge on any atom is 0.356 e. The zero-order valence-electron chi connectivity index (χ0n) is 15.7. The van der Waals surface area contributed by atoms with Crippen LogP contribution in [0.25, 0.3) is 0 Å². The Morgan fingerprint density at radius 3 is 2.20 bits per heavy atom. The summed E-state index contributed by atoms with van der Waals surface area (Å²) >= 11 is 8.23. The summed E-state index contributed by atoms with van der Waals surface area (Å²) in [6.07, 6.45) is 1.18. The van der Waals surface area contributed by atoms with Crippen LogP contribution in [0.3, 0.4) is 0 Å². The van der Waals surface area contributed by atoms with E-state index in [1.165, 1.54) is 16.7 Å². The summed E-state index contributed by atoms with van der Waals surface area (Å²) in [4.78, 5) is 27.3. The van der Waals surface area contributed by atoms with E-state index < -0.39 is 18.1 Å². The number of carbonyl (C=O) groups is 2. The fourth-order valence-electron chi connectivity index (χ4n) is 3.52. The number of thioether (sulfide) groups is 1. The van der Waals surface area contributed by atoms with Crippen LogP contribution in [0.5, 0.6) is 0 Å². The molecule has 2 N–H and O–H groups in total. The van der Waals surface area contributed by atoms with E-state index in [9.17, 15) is 9.59 Å². The fourth-order valence-corrected chi connectivity index (χ4v) is 5.32. The van der Waals surface area contributed by atoms with Gasteiger partial charge in [0.15, 0.2) is 6.10 Å². The van der Waals surface area contributed by atoms with E-state index in [1.807, 2.05) is 60.7 Å². The van der Waals surface area contributed by atoms with Gasteiger partial charge in [0.05, 0.1) is 3.39 Å². The van der Waals surface area contributed by atoms with Crippen molar-refractivity contribution >= 4 is 55.5 Å². The van der Waals surface area contributed by atoms with Gasteiger partial charge < -0.3 is 10.5 Å². The van der Waals surface area contributed by atoms with Crippen molar-refractivity contribution in [2.24, 2.45) is 5.73 Å². The Labute approximate surface area is 195 Å². The van der Waals surface area contributed by atoms with Crippen LogP contribution in [0.4, 0.5) is 0 Å². The molecule has 1 fully saturated rings. The lowest BCUT2D eigenvalue weighted by Crippen LogP contribution is -2.68. The molecular formula is C22H18Br2N2O3S. The van der Waals surface area contributed by atoms with Crippen molar-refractivity contribution in [1.82, 2.24) is 4.90 Å². The van der Waals surface area contributed by atoms with E-state index >= 15 is 0 Å². The number of benzene rings is 2. The Hall–Kier alpha value is -1.87. The second-order valence-corrected chi connectivity index (χ2v) is 10.7. The smallest absolute Gasteiger partial charge is 0.356 e. The molecule has 2 aliphatic rings. The molecule has 2 aromatic carbocycles. The van der Waals surface area contributed by atoms with E-state index in [0.717, 1.165) is 11.1 Å². The third-order valence-electron chi connectivity index (χ3n) is 4.95. The van der Waals surface area contributed by atoms with Gasteiger partial charge in [0.25, 0.3) is 0 Å². The predicted octanol–water partition coefficient (Wildman–Crippen LogP) is 4.45. The van der Waals surface area contributed by atoms with Crippen LogP contribution < -0.4 is 5.73 Å². The normalized spacial score (nSPS) is 20.5. The molecule has 1 unspecified atom stereocenters. The first-order valence-corrected chi connectivity index (χ1v) is 11.9. The first-order chi connectivity index (χ1) is 14.5. The lowest BCUT2D eigenvalue weighted by Gasteiger charge is -2.48. The molecule has 154 valence electrons. The number of hydrogen-bond donors (Lipinski definition) is 1. The van der Waals surface area contributed by atoms with Gasteiger partial charge in [0, 0.05) is 5.75 Å². The second kappa shape index (κ2) is 9.09. The van der Waals surface area contributed by atoms with Crippen molar-refractivity contribution in [2.75, 3.05) is 5.75 Å². The molecule has 2 aliphatic heterocycles. The van der Waals surface area contributed by atoms with Gasteiger partial charge in [0.1, 0.15) is 17.1 Å². The number of allylic oxidation sites excluding steroid dienone is 1. The number of halogens is 2. The Morgan fingerprint density at radius 2 is 1.67 bits per heavy atom. The highest BCUT2D eigenvalue weighted by Gasteiger charge is 2.52. The second-order valence-electron chi connectivity index (χ2n) is 6.85. The fraction of sp³-hybridized carbons (Fsp3) is 0.182. The van der Waals surface area contributed by atoms with Crippen LogP contribution in [0.1, 0.15) is 17.2 Å². The number of fused-ring (bicyclic) bond motifs is 1. The Kier molecular flexibility index (Phi) is 6.48. The molecule has 1 saturated heterocycles. The average Bonchev–Trinajstić information content (AvgIpc) is 2.77. The molecule has 0 saturated carbocycles. The summed E-state index contributed by atoms with van der Waals surface area (Å²) in [7, 11) is 0. The van der Waals surface area contributed by atoms with Crippen LogP contribution in [0.15, 0.2) is 81.4 Å². The zero-order chi connectivity index (χ0) is 21.3. The Bertz CT molecular complexity index is 984. The molecule has 30 heavy (non-hydrogen) atoms. The van der Waals surface area contributed by atoms with Crippen molar-refractivity contribution in [3.63, 3.8) is 0 Å². The molecule has 1 amide bonds. The van der Waals surface area contributed by atoms with Gasteiger partial charge in [-0.25, -0.2) is 4.79 Å². The SMILES string of the molecule is NC1C(=O)N2C(C(=O)OC(c3ccccc3)c3ccccc3)=C(C=C(Br)Br)CS[C@H]12. The first-order valence-electron chi connectivity index (χ1n) is 9.24. The predicted molar refractivity (Wildman–Crippen MR) is 125 cm³/mol. The number of carbonyl (C=O) groups excluding carboxylic acids is 2. The Morgan fingerprint density at radius 1 is 1.10 bits per heavy atom. The molecule has 0 bridgehead atoms. The number of esters is 1. The summed E-state index contributed by atoms with van der Waals surface area (Å²) in [5, 5.41) is -0.252. The van der Waals surface area contributed by atoms with Gasteiger partial charge >= 0.3 is 5.97 Å². The molecule has 2 atom stereocenters. The van der Waals surface area contributed by atoms with Crippen LogP contribution in [0.2, 0.25) is 0 Å².